The third-order valence-corrected chi connectivity index (χ3v) is 4.68. The van der Waals surface area contributed by atoms with Crippen LogP contribution in [0, 0.1) is 11.7 Å². The van der Waals surface area contributed by atoms with Crippen LogP contribution in [0.25, 0.3) is 0 Å². The van der Waals surface area contributed by atoms with Crippen LogP contribution in [0.1, 0.15) is 26.2 Å². The summed E-state index contributed by atoms with van der Waals surface area (Å²) in [4.78, 5) is 14.9. The van der Waals surface area contributed by atoms with Crippen molar-refractivity contribution < 1.29 is 13.9 Å². The number of para-hydroxylation sites is 1. The van der Waals surface area contributed by atoms with Crippen molar-refractivity contribution in [2.75, 3.05) is 25.0 Å². The molecule has 1 saturated heterocycles. The highest BCUT2D eigenvalue weighted by atomic mass is 19.1. The van der Waals surface area contributed by atoms with Gasteiger partial charge >= 0.3 is 0 Å². The quantitative estimate of drug-likeness (QED) is 0.817. The molecule has 1 aliphatic rings. The minimum Gasteiger partial charge on any atom is -0.454 e. The van der Waals surface area contributed by atoms with Gasteiger partial charge in [0.25, 0.3) is 0 Å². The summed E-state index contributed by atoms with van der Waals surface area (Å²) in [6.07, 6.45) is 2.96. The van der Waals surface area contributed by atoms with E-state index in [0.29, 0.717) is 5.75 Å². The summed E-state index contributed by atoms with van der Waals surface area (Å²) < 4.78 is 19.1. The lowest BCUT2D eigenvalue weighted by Crippen LogP contribution is -2.38. The van der Waals surface area contributed by atoms with Gasteiger partial charge in [0.05, 0.1) is 0 Å². The SMILES string of the molecule is CCCN1CCC(C(=O)Nc2ccc(Oc3ccccc3F)cc2)CC1. The number of carbonyl (C=O) groups is 1. The number of carbonyl (C=O) groups excluding carboxylic acids is 1. The summed E-state index contributed by atoms with van der Waals surface area (Å²) in [5.41, 5.74) is 0.729. The van der Waals surface area contributed by atoms with Crippen LogP contribution in [-0.2, 0) is 4.79 Å². The van der Waals surface area contributed by atoms with E-state index in [0.717, 1.165) is 44.6 Å². The van der Waals surface area contributed by atoms with E-state index in [1.165, 1.54) is 6.07 Å². The Balaban J connectivity index is 1.53. The van der Waals surface area contributed by atoms with Gasteiger partial charge in [-0.3, -0.25) is 4.79 Å². The molecule has 5 heteroatoms. The smallest absolute Gasteiger partial charge is 0.227 e. The van der Waals surface area contributed by atoms with E-state index in [4.69, 9.17) is 4.74 Å². The number of hydrogen-bond donors (Lipinski definition) is 1. The van der Waals surface area contributed by atoms with Gasteiger partial charge in [0.15, 0.2) is 11.6 Å². The second-order valence-electron chi connectivity index (χ2n) is 6.66. The molecule has 1 amide bonds. The topological polar surface area (TPSA) is 41.6 Å². The number of nitrogens with zero attached hydrogens (tertiary/aromatic N) is 1. The van der Waals surface area contributed by atoms with E-state index < -0.39 is 5.82 Å². The molecule has 2 aromatic rings. The maximum Gasteiger partial charge on any atom is 0.227 e. The van der Waals surface area contributed by atoms with Gasteiger partial charge in [-0.05, 0) is 75.3 Å². The lowest BCUT2D eigenvalue weighted by molar-refractivity contribution is -0.121. The third-order valence-electron chi connectivity index (χ3n) is 4.68. The van der Waals surface area contributed by atoms with Gasteiger partial charge in [-0.15, -0.1) is 0 Å². The molecule has 26 heavy (non-hydrogen) atoms. The predicted molar refractivity (Wildman–Crippen MR) is 101 cm³/mol. The fourth-order valence-electron chi connectivity index (χ4n) is 3.24. The molecule has 1 fully saturated rings. The average molecular weight is 356 g/mol. The van der Waals surface area contributed by atoms with Gasteiger partial charge in [0, 0.05) is 11.6 Å². The van der Waals surface area contributed by atoms with Crippen molar-refractivity contribution in [3.8, 4) is 11.5 Å². The summed E-state index contributed by atoms with van der Waals surface area (Å²) in [6, 6.07) is 13.3. The molecule has 3 rings (SSSR count). The van der Waals surface area contributed by atoms with Gasteiger partial charge < -0.3 is 15.0 Å². The highest BCUT2D eigenvalue weighted by molar-refractivity contribution is 5.92. The molecule has 0 bridgehead atoms. The van der Waals surface area contributed by atoms with Crippen molar-refractivity contribution in [3.63, 3.8) is 0 Å². The van der Waals surface area contributed by atoms with Crippen LogP contribution >= 0.6 is 0 Å². The van der Waals surface area contributed by atoms with Gasteiger partial charge in [-0.1, -0.05) is 19.1 Å². The summed E-state index contributed by atoms with van der Waals surface area (Å²) >= 11 is 0. The molecule has 0 aliphatic carbocycles. The zero-order chi connectivity index (χ0) is 18.4. The van der Waals surface area contributed by atoms with E-state index in [1.807, 2.05) is 0 Å². The minimum atomic E-state index is -0.403. The molecule has 4 nitrogen and oxygen atoms in total. The van der Waals surface area contributed by atoms with Crippen molar-refractivity contribution >= 4 is 11.6 Å². The fourth-order valence-corrected chi connectivity index (χ4v) is 3.24. The van der Waals surface area contributed by atoms with Crippen molar-refractivity contribution in [2.45, 2.75) is 26.2 Å². The standard InChI is InChI=1S/C21H25FN2O2/c1-2-13-24-14-11-16(12-15-24)21(25)23-17-7-9-18(10-8-17)26-20-6-4-3-5-19(20)22/h3-10,16H,2,11-15H2,1H3,(H,23,25). The normalized spacial score (nSPS) is 15.6. The molecule has 0 spiro atoms. The Hall–Kier alpha value is -2.40. The average Bonchev–Trinajstić information content (AvgIpc) is 2.66. The van der Waals surface area contributed by atoms with Crippen LogP contribution in [0.3, 0.4) is 0 Å². The highest BCUT2D eigenvalue weighted by Crippen LogP contribution is 2.26. The molecular weight excluding hydrogens is 331 g/mol. The molecule has 138 valence electrons. The first kappa shape index (κ1) is 18.4. The Morgan fingerprint density at radius 2 is 1.85 bits per heavy atom. The molecule has 1 N–H and O–H groups in total. The number of halogens is 1. The van der Waals surface area contributed by atoms with Crippen LogP contribution in [0.4, 0.5) is 10.1 Å². The number of anilines is 1. The monoisotopic (exact) mass is 356 g/mol. The van der Waals surface area contributed by atoms with Crippen LogP contribution in [0.5, 0.6) is 11.5 Å². The molecule has 0 unspecified atom stereocenters. The first-order valence-electron chi connectivity index (χ1n) is 9.21. The number of nitrogens with one attached hydrogen (secondary N) is 1. The van der Waals surface area contributed by atoms with Crippen molar-refractivity contribution in [3.05, 3.63) is 54.3 Å². The van der Waals surface area contributed by atoms with Gasteiger partial charge in [-0.2, -0.15) is 0 Å². The Morgan fingerprint density at radius 3 is 2.50 bits per heavy atom. The molecule has 2 aromatic carbocycles. The Kier molecular flexibility index (Phi) is 6.23. The maximum absolute atomic E-state index is 13.6. The Labute approximate surface area is 154 Å². The molecule has 0 aromatic heterocycles. The Bertz CT molecular complexity index is 725. The van der Waals surface area contributed by atoms with Crippen LogP contribution in [0.15, 0.2) is 48.5 Å². The second-order valence-corrected chi connectivity index (χ2v) is 6.66. The van der Waals surface area contributed by atoms with Crippen molar-refractivity contribution in [1.82, 2.24) is 4.90 Å². The summed E-state index contributed by atoms with van der Waals surface area (Å²) in [5.74, 6) is 0.449. The summed E-state index contributed by atoms with van der Waals surface area (Å²) in [6.45, 7) is 5.26. The molecule has 0 saturated carbocycles. The number of ether oxygens (including phenoxy) is 1. The van der Waals surface area contributed by atoms with Gasteiger partial charge in [0.1, 0.15) is 5.75 Å². The van der Waals surface area contributed by atoms with E-state index in [2.05, 4.69) is 17.1 Å². The summed E-state index contributed by atoms with van der Waals surface area (Å²) in [7, 11) is 0. The van der Waals surface area contributed by atoms with E-state index in [1.54, 1.807) is 42.5 Å². The lowest BCUT2D eigenvalue weighted by atomic mass is 9.95. The number of piperidine rings is 1. The van der Waals surface area contributed by atoms with Gasteiger partial charge in [-0.25, -0.2) is 4.39 Å². The zero-order valence-electron chi connectivity index (χ0n) is 15.1. The van der Waals surface area contributed by atoms with E-state index in [9.17, 15) is 9.18 Å². The number of hydrogen-bond acceptors (Lipinski definition) is 3. The summed E-state index contributed by atoms with van der Waals surface area (Å²) in [5, 5.41) is 2.97. The molecule has 0 radical (unpaired) electrons. The van der Waals surface area contributed by atoms with Crippen LogP contribution in [0.2, 0.25) is 0 Å². The lowest BCUT2D eigenvalue weighted by Gasteiger charge is -2.30. The first-order valence-corrected chi connectivity index (χ1v) is 9.21. The number of likely N-dealkylation sites (tertiary alicyclic amines) is 1. The maximum atomic E-state index is 13.6. The fraction of sp³-hybridized carbons (Fsp3) is 0.381. The van der Waals surface area contributed by atoms with Crippen LogP contribution in [-0.4, -0.2) is 30.4 Å². The van der Waals surface area contributed by atoms with Crippen LogP contribution < -0.4 is 10.1 Å². The largest absolute Gasteiger partial charge is 0.454 e. The number of benzene rings is 2. The zero-order valence-corrected chi connectivity index (χ0v) is 15.1. The highest BCUT2D eigenvalue weighted by Gasteiger charge is 2.24. The second kappa shape index (κ2) is 8.81. The number of rotatable bonds is 6. The van der Waals surface area contributed by atoms with Crippen molar-refractivity contribution in [1.29, 1.82) is 0 Å². The van der Waals surface area contributed by atoms with E-state index in [-0.39, 0.29) is 17.6 Å². The molecule has 1 aliphatic heterocycles. The third kappa shape index (κ3) is 4.82. The van der Waals surface area contributed by atoms with Gasteiger partial charge in [0.2, 0.25) is 5.91 Å². The Morgan fingerprint density at radius 1 is 1.15 bits per heavy atom. The van der Waals surface area contributed by atoms with E-state index >= 15 is 0 Å². The minimum absolute atomic E-state index is 0.0671. The van der Waals surface area contributed by atoms with Crippen molar-refractivity contribution in [2.24, 2.45) is 5.92 Å². The first-order chi connectivity index (χ1) is 12.7. The molecule has 0 atom stereocenters. The molecule has 1 heterocycles. The molecular formula is C21H25FN2O2. The predicted octanol–water partition coefficient (Wildman–Crippen LogP) is 4.68. The number of amides is 1.